The molecular formula is C20H18ClNO6S. The molecule has 0 unspecified atom stereocenters. The summed E-state index contributed by atoms with van der Waals surface area (Å²) in [4.78, 5) is 10.6. The number of carbonyl (C=O) groups is 1. The highest BCUT2D eigenvalue weighted by atomic mass is 35.5. The highest BCUT2D eigenvalue weighted by molar-refractivity contribution is 7.92. The number of carboxylic acid groups (broad SMARTS) is 1. The Hall–Kier alpha value is -2.89. The third-order valence-corrected chi connectivity index (χ3v) is 5.56. The van der Waals surface area contributed by atoms with E-state index in [0.29, 0.717) is 48.1 Å². The summed E-state index contributed by atoms with van der Waals surface area (Å²) in [6.07, 6.45) is 0.794. The maximum Gasteiger partial charge on any atom is 0.303 e. The van der Waals surface area contributed by atoms with E-state index in [0.717, 1.165) is 0 Å². The zero-order valence-electron chi connectivity index (χ0n) is 15.3. The predicted octanol–water partition coefficient (Wildman–Crippen LogP) is 3.52. The van der Waals surface area contributed by atoms with Crippen molar-refractivity contribution in [1.82, 2.24) is 0 Å². The molecule has 29 heavy (non-hydrogen) atoms. The summed E-state index contributed by atoms with van der Waals surface area (Å²) < 4.78 is 39.0. The Labute approximate surface area is 173 Å². The van der Waals surface area contributed by atoms with Crippen molar-refractivity contribution in [3.05, 3.63) is 47.0 Å². The summed E-state index contributed by atoms with van der Waals surface area (Å²) in [5, 5.41) is 9.07. The van der Waals surface area contributed by atoms with Gasteiger partial charge in [-0.3, -0.25) is 9.52 Å². The van der Waals surface area contributed by atoms with Gasteiger partial charge in [0.05, 0.1) is 16.1 Å². The SMILES string of the molecule is O=C(O)CCCC#Cc1cc(Cl)ccc1NS(=O)(=O)c1ccc2c(c1)OCCO2. The monoisotopic (exact) mass is 435 g/mol. The van der Waals surface area contributed by atoms with Gasteiger partial charge in [-0.25, -0.2) is 8.42 Å². The fourth-order valence-corrected chi connectivity index (χ4v) is 3.86. The minimum Gasteiger partial charge on any atom is -0.486 e. The molecule has 0 fully saturated rings. The summed E-state index contributed by atoms with van der Waals surface area (Å²) in [6.45, 7) is 0.763. The molecule has 9 heteroatoms. The van der Waals surface area contributed by atoms with Gasteiger partial charge in [0.1, 0.15) is 13.2 Å². The Balaban J connectivity index is 1.82. The van der Waals surface area contributed by atoms with Crippen molar-refractivity contribution >= 4 is 33.3 Å². The van der Waals surface area contributed by atoms with Crippen molar-refractivity contribution in [2.24, 2.45) is 0 Å². The summed E-state index contributed by atoms with van der Waals surface area (Å²) in [6, 6.07) is 9.02. The fraction of sp³-hybridized carbons (Fsp3) is 0.250. The van der Waals surface area contributed by atoms with E-state index in [4.69, 9.17) is 26.2 Å². The first-order chi connectivity index (χ1) is 13.8. The normalized spacial score (nSPS) is 12.6. The van der Waals surface area contributed by atoms with E-state index in [-0.39, 0.29) is 17.0 Å². The second kappa shape index (κ2) is 9.07. The van der Waals surface area contributed by atoms with E-state index in [1.54, 1.807) is 18.2 Å². The number of carboxylic acids is 1. The van der Waals surface area contributed by atoms with Gasteiger partial charge >= 0.3 is 5.97 Å². The van der Waals surface area contributed by atoms with E-state index in [2.05, 4.69) is 16.6 Å². The Bertz CT molecular complexity index is 1090. The molecule has 0 saturated heterocycles. The third-order valence-electron chi connectivity index (χ3n) is 3.97. The first-order valence-electron chi connectivity index (χ1n) is 8.78. The minimum absolute atomic E-state index is 0.0217. The molecular weight excluding hydrogens is 418 g/mol. The van der Waals surface area contributed by atoms with Crippen LogP contribution < -0.4 is 14.2 Å². The van der Waals surface area contributed by atoms with Crippen LogP contribution >= 0.6 is 11.6 Å². The number of anilines is 1. The number of fused-ring (bicyclic) bond motifs is 1. The number of ether oxygens (including phenoxy) is 2. The lowest BCUT2D eigenvalue weighted by Crippen LogP contribution is -2.17. The van der Waals surface area contributed by atoms with Crippen molar-refractivity contribution in [3.8, 4) is 23.3 Å². The highest BCUT2D eigenvalue weighted by Gasteiger charge is 2.20. The number of halogens is 1. The second-order valence-corrected chi connectivity index (χ2v) is 8.27. The van der Waals surface area contributed by atoms with E-state index in [1.165, 1.54) is 18.2 Å². The van der Waals surface area contributed by atoms with Crippen molar-refractivity contribution in [2.45, 2.75) is 24.2 Å². The number of hydrogen-bond donors (Lipinski definition) is 2. The number of unbranched alkanes of at least 4 members (excludes halogenated alkanes) is 1. The van der Waals surface area contributed by atoms with Crippen molar-refractivity contribution in [2.75, 3.05) is 17.9 Å². The van der Waals surface area contributed by atoms with Crippen LogP contribution in [0.15, 0.2) is 41.3 Å². The summed E-state index contributed by atoms with van der Waals surface area (Å²) >= 11 is 6.01. The highest BCUT2D eigenvalue weighted by Crippen LogP contribution is 2.33. The topological polar surface area (TPSA) is 102 Å². The molecule has 0 atom stereocenters. The minimum atomic E-state index is -3.90. The lowest BCUT2D eigenvalue weighted by Gasteiger charge is -2.19. The van der Waals surface area contributed by atoms with Gasteiger partial charge < -0.3 is 14.6 Å². The van der Waals surface area contributed by atoms with Crippen molar-refractivity contribution < 1.29 is 27.8 Å². The largest absolute Gasteiger partial charge is 0.486 e. The molecule has 1 heterocycles. The Morgan fingerprint density at radius 1 is 1.14 bits per heavy atom. The van der Waals surface area contributed by atoms with Crippen LogP contribution in [0, 0.1) is 11.8 Å². The number of nitrogens with one attached hydrogen (secondary N) is 1. The number of benzene rings is 2. The van der Waals surface area contributed by atoms with Crippen LogP contribution in [-0.4, -0.2) is 32.7 Å². The maximum atomic E-state index is 12.8. The molecule has 7 nitrogen and oxygen atoms in total. The molecule has 0 amide bonds. The average molecular weight is 436 g/mol. The molecule has 0 aliphatic carbocycles. The van der Waals surface area contributed by atoms with E-state index in [1.807, 2.05) is 0 Å². The number of hydrogen-bond acceptors (Lipinski definition) is 5. The van der Waals surface area contributed by atoms with E-state index < -0.39 is 16.0 Å². The second-order valence-electron chi connectivity index (χ2n) is 6.15. The van der Waals surface area contributed by atoms with Gasteiger partial charge in [-0.05, 0) is 36.8 Å². The van der Waals surface area contributed by atoms with Crippen LogP contribution in [-0.2, 0) is 14.8 Å². The first-order valence-corrected chi connectivity index (χ1v) is 10.6. The number of aliphatic carboxylic acids is 1. The van der Waals surface area contributed by atoms with Crippen LogP contribution in [0.1, 0.15) is 24.8 Å². The third kappa shape index (κ3) is 5.56. The standard InChI is InChI=1S/C20H18ClNO6S/c21-15-6-8-17(14(12-15)4-2-1-3-5-20(23)24)22-29(25,26)16-7-9-18-19(13-16)28-11-10-27-18/h6-9,12-13,22H,1,3,5,10-11H2,(H,23,24). The molecule has 152 valence electrons. The Morgan fingerprint density at radius 2 is 1.90 bits per heavy atom. The molecule has 0 saturated carbocycles. The van der Waals surface area contributed by atoms with Crippen molar-refractivity contribution in [1.29, 1.82) is 0 Å². The molecule has 0 aromatic heterocycles. The molecule has 0 radical (unpaired) electrons. The summed E-state index contributed by atoms with van der Waals surface area (Å²) in [7, 11) is -3.90. The molecule has 3 rings (SSSR count). The van der Waals surface area contributed by atoms with Gasteiger partial charge in [-0.2, -0.15) is 0 Å². The van der Waals surface area contributed by atoms with Crippen LogP contribution in [0.2, 0.25) is 5.02 Å². The van der Waals surface area contributed by atoms with Crippen LogP contribution in [0.25, 0.3) is 0 Å². The summed E-state index contributed by atoms with van der Waals surface area (Å²) in [5.74, 6) is 5.68. The van der Waals surface area contributed by atoms with Crippen LogP contribution in [0.4, 0.5) is 5.69 Å². The van der Waals surface area contributed by atoms with Gasteiger partial charge in [0.25, 0.3) is 10.0 Å². The average Bonchev–Trinajstić information content (AvgIpc) is 2.69. The fourth-order valence-electron chi connectivity index (χ4n) is 2.59. The van der Waals surface area contributed by atoms with Crippen molar-refractivity contribution in [3.63, 3.8) is 0 Å². The lowest BCUT2D eigenvalue weighted by molar-refractivity contribution is -0.137. The molecule has 0 spiro atoms. The summed E-state index contributed by atoms with van der Waals surface area (Å²) in [5.41, 5.74) is 0.670. The molecule has 2 aromatic rings. The molecule has 1 aliphatic heterocycles. The zero-order valence-corrected chi connectivity index (χ0v) is 16.8. The van der Waals surface area contributed by atoms with Crippen LogP contribution in [0.3, 0.4) is 0 Å². The Morgan fingerprint density at radius 3 is 2.66 bits per heavy atom. The van der Waals surface area contributed by atoms with Gasteiger partial charge in [-0.15, -0.1) is 0 Å². The van der Waals surface area contributed by atoms with Gasteiger partial charge in [0, 0.05) is 23.9 Å². The van der Waals surface area contributed by atoms with Gasteiger partial charge in [0.2, 0.25) is 0 Å². The predicted molar refractivity (Wildman–Crippen MR) is 108 cm³/mol. The Kier molecular flexibility index (Phi) is 6.52. The van der Waals surface area contributed by atoms with E-state index >= 15 is 0 Å². The quantitative estimate of drug-likeness (QED) is 0.531. The molecule has 0 bridgehead atoms. The smallest absolute Gasteiger partial charge is 0.303 e. The molecule has 2 aromatic carbocycles. The van der Waals surface area contributed by atoms with Crippen LogP contribution in [0.5, 0.6) is 11.5 Å². The molecule has 2 N–H and O–H groups in total. The number of sulfonamides is 1. The molecule has 1 aliphatic rings. The number of rotatable bonds is 6. The van der Waals surface area contributed by atoms with E-state index in [9.17, 15) is 13.2 Å². The maximum absolute atomic E-state index is 12.8. The van der Waals surface area contributed by atoms with Gasteiger partial charge in [0.15, 0.2) is 11.5 Å². The van der Waals surface area contributed by atoms with Gasteiger partial charge in [-0.1, -0.05) is 23.4 Å². The first kappa shape index (κ1) is 20.8. The lowest BCUT2D eigenvalue weighted by atomic mass is 10.1. The zero-order chi connectivity index (χ0) is 20.9.